The second-order valence-corrected chi connectivity index (χ2v) is 11.9. The first-order valence-corrected chi connectivity index (χ1v) is 15.7. The third-order valence-electron chi connectivity index (χ3n) is 8.43. The largest absolute Gasteiger partial charge is 0.495 e. The fourth-order valence-electron chi connectivity index (χ4n) is 6.06. The third-order valence-corrected chi connectivity index (χ3v) is 9.46. The molecule has 0 unspecified atom stereocenters. The van der Waals surface area contributed by atoms with Gasteiger partial charge in [-0.3, -0.25) is 14.5 Å². The van der Waals surface area contributed by atoms with Gasteiger partial charge >= 0.3 is 0 Å². The molecule has 44 heavy (non-hydrogen) atoms. The minimum absolute atomic E-state index is 0.125. The number of nitrogens with one attached hydrogen (secondary N) is 2. The topological polar surface area (TPSA) is 115 Å². The number of aryl methyl sites for hydroxylation is 1. The van der Waals surface area contributed by atoms with Crippen molar-refractivity contribution in [1.82, 2.24) is 19.8 Å². The summed E-state index contributed by atoms with van der Waals surface area (Å²) in [6, 6.07) is 15.8. The Morgan fingerprint density at radius 1 is 1.20 bits per heavy atom. The monoisotopic (exact) mass is 608 g/mol. The highest BCUT2D eigenvalue weighted by Crippen LogP contribution is 2.41. The molecular formula is C34H36N6O3S. The molecule has 2 aromatic carbocycles. The van der Waals surface area contributed by atoms with Gasteiger partial charge in [-0.15, -0.1) is 11.3 Å². The summed E-state index contributed by atoms with van der Waals surface area (Å²) in [6.45, 7) is 4.90. The Labute approximate surface area is 260 Å². The first-order valence-electron chi connectivity index (χ1n) is 14.8. The van der Waals surface area contributed by atoms with Crippen molar-refractivity contribution in [2.24, 2.45) is 7.05 Å². The summed E-state index contributed by atoms with van der Waals surface area (Å²) in [7, 11) is 3.46. The molecule has 10 heteroatoms. The molecule has 6 rings (SSSR count). The molecular weight excluding hydrogens is 572 g/mol. The molecule has 1 aliphatic rings. The fourth-order valence-corrected chi connectivity index (χ4v) is 7.14. The number of nitrogen functional groups attached to an aromatic ring is 1. The van der Waals surface area contributed by atoms with Gasteiger partial charge in [0.1, 0.15) is 17.3 Å². The Kier molecular flexibility index (Phi) is 8.36. The number of likely N-dealkylation sites (tertiary alicyclic amines) is 1. The van der Waals surface area contributed by atoms with Crippen molar-refractivity contribution in [2.75, 3.05) is 37.8 Å². The van der Waals surface area contributed by atoms with E-state index in [0.29, 0.717) is 35.5 Å². The zero-order valence-electron chi connectivity index (χ0n) is 25.1. The third kappa shape index (κ3) is 5.66. The quantitative estimate of drug-likeness (QED) is 0.179. The predicted molar refractivity (Wildman–Crippen MR) is 179 cm³/mol. The van der Waals surface area contributed by atoms with Crippen molar-refractivity contribution in [3.8, 4) is 16.9 Å². The van der Waals surface area contributed by atoms with E-state index in [1.807, 2.05) is 65.5 Å². The van der Waals surface area contributed by atoms with Crippen molar-refractivity contribution in [3.63, 3.8) is 0 Å². The average Bonchev–Trinajstić information content (AvgIpc) is 3.78. The summed E-state index contributed by atoms with van der Waals surface area (Å²) in [5.41, 5.74) is 11.1. The summed E-state index contributed by atoms with van der Waals surface area (Å²) in [4.78, 5) is 32.7. The number of aromatic nitrogens is 2. The number of ether oxygens (including phenoxy) is 1. The van der Waals surface area contributed by atoms with E-state index in [0.717, 1.165) is 57.2 Å². The van der Waals surface area contributed by atoms with E-state index in [4.69, 9.17) is 10.5 Å². The van der Waals surface area contributed by atoms with Crippen LogP contribution in [0.25, 0.3) is 38.2 Å². The van der Waals surface area contributed by atoms with E-state index >= 15 is 0 Å². The van der Waals surface area contributed by atoms with Crippen molar-refractivity contribution in [1.29, 1.82) is 0 Å². The van der Waals surface area contributed by atoms with Crippen LogP contribution in [-0.2, 0) is 11.8 Å². The van der Waals surface area contributed by atoms with E-state index in [9.17, 15) is 9.59 Å². The number of carbonyl (C=O) groups excluding carboxylic acids is 2. The van der Waals surface area contributed by atoms with Crippen LogP contribution in [0.15, 0.2) is 66.2 Å². The maximum Gasteiger partial charge on any atom is 0.272 e. The van der Waals surface area contributed by atoms with Crippen molar-refractivity contribution in [2.45, 2.75) is 25.8 Å². The van der Waals surface area contributed by atoms with Crippen molar-refractivity contribution >= 4 is 61.7 Å². The Morgan fingerprint density at radius 3 is 2.84 bits per heavy atom. The summed E-state index contributed by atoms with van der Waals surface area (Å²) in [6.07, 6.45) is 7.34. The number of likely N-dealkylation sites (N-methyl/N-ethyl adjacent to an activating group) is 1. The van der Waals surface area contributed by atoms with E-state index in [2.05, 4.69) is 27.4 Å². The number of hydrogen-bond acceptors (Lipinski definition) is 7. The van der Waals surface area contributed by atoms with Gasteiger partial charge in [-0.25, -0.2) is 4.98 Å². The molecule has 5 aromatic rings. The lowest BCUT2D eigenvalue weighted by molar-refractivity contribution is -0.116. The highest BCUT2D eigenvalue weighted by molar-refractivity contribution is 7.18. The molecule has 1 atom stereocenters. The minimum atomic E-state index is -0.226. The second kappa shape index (κ2) is 12.5. The molecule has 2 amide bonds. The molecule has 0 spiro atoms. The Balaban J connectivity index is 1.22. The number of fused-ring (bicyclic) bond motifs is 2. The molecule has 3 aromatic heterocycles. The van der Waals surface area contributed by atoms with Gasteiger partial charge < -0.3 is 25.7 Å². The number of methoxy groups -OCH3 is 1. The van der Waals surface area contributed by atoms with Gasteiger partial charge in [-0.2, -0.15) is 0 Å². The van der Waals surface area contributed by atoms with Crippen LogP contribution in [0.1, 0.15) is 35.8 Å². The number of pyridine rings is 1. The van der Waals surface area contributed by atoms with Gasteiger partial charge in [0.2, 0.25) is 5.91 Å². The summed E-state index contributed by atoms with van der Waals surface area (Å²) >= 11 is 1.54. The number of carbonyl (C=O) groups is 2. The molecule has 1 fully saturated rings. The number of anilines is 2. The van der Waals surface area contributed by atoms with Gasteiger partial charge in [-0.1, -0.05) is 31.2 Å². The number of thiophene rings is 1. The van der Waals surface area contributed by atoms with E-state index in [1.54, 1.807) is 36.8 Å². The Bertz CT molecular complexity index is 1890. The molecule has 4 N–H and O–H groups in total. The predicted octanol–water partition coefficient (Wildman–Crippen LogP) is 5.91. The number of nitrogens with two attached hydrogens (primary N) is 1. The van der Waals surface area contributed by atoms with Crippen LogP contribution in [0.4, 0.5) is 11.5 Å². The summed E-state index contributed by atoms with van der Waals surface area (Å²) < 4.78 is 8.51. The maximum atomic E-state index is 13.2. The van der Waals surface area contributed by atoms with Crippen LogP contribution in [0.2, 0.25) is 0 Å². The van der Waals surface area contributed by atoms with E-state index in [1.165, 1.54) is 6.42 Å². The molecule has 9 nitrogen and oxygen atoms in total. The Hall–Kier alpha value is -4.67. The summed E-state index contributed by atoms with van der Waals surface area (Å²) in [5.74, 6) is 0.582. The zero-order valence-corrected chi connectivity index (χ0v) is 25.9. The number of hydrogen-bond donors (Lipinski definition) is 3. The second-order valence-electron chi connectivity index (χ2n) is 11.0. The smallest absolute Gasteiger partial charge is 0.272 e. The maximum absolute atomic E-state index is 13.2. The number of para-hydroxylation sites is 1. The van der Waals surface area contributed by atoms with Crippen molar-refractivity contribution < 1.29 is 14.3 Å². The standard InChI is InChI=1S/C34H36N6O3S/c1-4-40-15-7-9-24(40)19-36-30(41)14-12-23-18-37-33(35)31-25(20-44-32(23)31)21-11-13-26(29(17-21)43-3)38-34(42)28-16-22-8-5-6-10-27(22)39(28)2/h5-6,8,10-14,16-18,20,24H,4,7,9,15,19H2,1-3H3,(H2,35,37)(H,36,41)(H,38,42)/t24-/m1/s1. The lowest BCUT2D eigenvalue weighted by atomic mass is 10.0. The molecule has 1 saturated heterocycles. The molecule has 226 valence electrons. The van der Waals surface area contributed by atoms with Crippen LogP contribution in [0.3, 0.4) is 0 Å². The SMILES string of the molecule is CCN1CCC[C@@H]1CNC(=O)C=Cc1cnc(N)c2c(-c3ccc(NC(=O)c4cc5ccccc5n4C)c(OC)c3)csc12. The first kappa shape index (κ1) is 29.4. The molecule has 1 aliphatic heterocycles. The molecule has 0 saturated carbocycles. The van der Waals surface area contributed by atoms with E-state index in [-0.39, 0.29) is 11.8 Å². The van der Waals surface area contributed by atoms with Gasteiger partial charge in [0.05, 0.1) is 12.8 Å². The Morgan fingerprint density at radius 2 is 2.05 bits per heavy atom. The summed E-state index contributed by atoms with van der Waals surface area (Å²) in [5, 5.41) is 9.89. The van der Waals surface area contributed by atoms with E-state index < -0.39 is 0 Å². The molecule has 0 radical (unpaired) electrons. The lowest BCUT2D eigenvalue weighted by Gasteiger charge is -2.22. The zero-order chi connectivity index (χ0) is 30.8. The van der Waals surface area contributed by atoms with Crippen LogP contribution >= 0.6 is 11.3 Å². The number of rotatable bonds is 9. The minimum Gasteiger partial charge on any atom is -0.495 e. The first-order chi connectivity index (χ1) is 21.4. The number of benzene rings is 2. The van der Waals surface area contributed by atoms with Gasteiger partial charge in [0.25, 0.3) is 5.91 Å². The number of amides is 2. The molecule has 0 bridgehead atoms. The fraction of sp³-hybridized carbons (Fsp3) is 0.265. The van der Waals surface area contributed by atoms with Crippen LogP contribution in [0, 0.1) is 0 Å². The normalized spacial score (nSPS) is 15.4. The van der Waals surface area contributed by atoms with Crippen LogP contribution < -0.4 is 21.1 Å². The van der Waals surface area contributed by atoms with Gasteiger partial charge in [0, 0.05) is 64.0 Å². The molecule has 4 heterocycles. The van der Waals surface area contributed by atoms with Gasteiger partial charge in [0.15, 0.2) is 0 Å². The number of nitrogens with zero attached hydrogens (tertiary/aromatic N) is 3. The molecule has 0 aliphatic carbocycles. The van der Waals surface area contributed by atoms with Crippen LogP contribution in [0.5, 0.6) is 5.75 Å². The van der Waals surface area contributed by atoms with Gasteiger partial charge in [-0.05, 0) is 67.2 Å². The van der Waals surface area contributed by atoms with Crippen molar-refractivity contribution in [3.05, 3.63) is 77.4 Å². The average molecular weight is 609 g/mol. The highest BCUT2D eigenvalue weighted by atomic mass is 32.1. The van der Waals surface area contributed by atoms with Crippen LogP contribution in [-0.4, -0.2) is 59.1 Å². The highest BCUT2D eigenvalue weighted by Gasteiger charge is 2.23. The lowest BCUT2D eigenvalue weighted by Crippen LogP contribution is -2.39.